The van der Waals surface area contributed by atoms with Crippen molar-refractivity contribution in [3.8, 4) is 0 Å². The predicted molar refractivity (Wildman–Crippen MR) is 53.5 cm³/mol. The highest BCUT2D eigenvalue weighted by molar-refractivity contribution is 4.91. The maximum atomic E-state index is 11.7. The van der Waals surface area contributed by atoms with Gasteiger partial charge in [0.15, 0.2) is 0 Å². The van der Waals surface area contributed by atoms with E-state index >= 15 is 0 Å². The molecule has 0 rings (SSSR count). The van der Waals surface area contributed by atoms with Gasteiger partial charge in [0.1, 0.15) is 6.61 Å². The summed E-state index contributed by atoms with van der Waals surface area (Å²) >= 11 is 0. The van der Waals surface area contributed by atoms with E-state index in [0.29, 0.717) is 19.4 Å². The second-order valence-corrected chi connectivity index (χ2v) is 3.83. The lowest BCUT2D eigenvalue weighted by Crippen LogP contribution is -2.25. The summed E-state index contributed by atoms with van der Waals surface area (Å²) < 4.78 is 39.5. The lowest BCUT2D eigenvalue weighted by atomic mass is 9.86. The molecule has 0 amide bonds. The fraction of sp³-hybridized carbons (Fsp3) is 0.800. The molecule has 0 aromatic carbocycles. The molecule has 90 valence electrons. The highest BCUT2D eigenvalue weighted by Crippen LogP contribution is 2.23. The highest BCUT2D eigenvalue weighted by Gasteiger charge is 2.27. The third-order valence-electron chi connectivity index (χ3n) is 2.26. The van der Waals surface area contributed by atoms with Crippen LogP contribution in [0.4, 0.5) is 13.2 Å². The van der Waals surface area contributed by atoms with Crippen LogP contribution >= 0.6 is 0 Å². The van der Waals surface area contributed by atoms with Crippen LogP contribution < -0.4 is 5.73 Å². The number of hydrogen-bond donors (Lipinski definition) is 1. The van der Waals surface area contributed by atoms with Gasteiger partial charge in [-0.3, -0.25) is 0 Å². The largest absolute Gasteiger partial charge is 0.411 e. The van der Waals surface area contributed by atoms with Gasteiger partial charge in [-0.05, 0) is 18.3 Å². The van der Waals surface area contributed by atoms with Crippen molar-refractivity contribution in [3.05, 3.63) is 12.7 Å². The van der Waals surface area contributed by atoms with Gasteiger partial charge in [0.05, 0.1) is 0 Å². The number of halogens is 3. The van der Waals surface area contributed by atoms with Crippen LogP contribution in [0.2, 0.25) is 0 Å². The van der Waals surface area contributed by atoms with Gasteiger partial charge in [0.25, 0.3) is 0 Å². The summed E-state index contributed by atoms with van der Waals surface area (Å²) in [5.74, 6) is 0. The molecule has 0 saturated heterocycles. The molecule has 15 heavy (non-hydrogen) atoms. The van der Waals surface area contributed by atoms with E-state index in [1.165, 1.54) is 0 Å². The Labute approximate surface area is 88.3 Å². The van der Waals surface area contributed by atoms with Gasteiger partial charge in [0, 0.05) is 13.2 Å². The summed E-state index contributed by atoms with van der Waals surface area (Å²) in [6.45, 7) is 4.92. The van der Waals surface area contributed by atoms with Gasteiger partial charge in [-0.25, -0.2) is 0 Å². The summed E-state index contributed by atoms with van der Waals surface area (Å²) in [7, 11) is 0. The van der Waals surface area contributed by atoms with Crippen LogP contribution in [0.3, 0.4) is 0 Å². The molecule has 5 heteroatoms. The first kappa shape index (κ1) is 14.5. The summed E-state index contributed by atoms with van der Waals surface area (Å²) in [5, 5.41) is 0. The van der Waals surface area contributed by atoms with Crippen LogP contribution in [0.15, 0.2) is 12.7 Å². The van der Waals surface area contributed by atoms with E-state index in [9.17, 15) is 13.2 Å². The quantitative estimate of drug-likeness (QED) is 0.533. The third kappa shape index (κ3) is 7.39. The van der Waals surface area contributed by atoms with Crippen LogP contribution in [0, 0.1) is 5.41 Å². The monoisotopic (exact) mass is 225 g/mol. The van der Waals surface area contributed by atoms with Crippen molar-refractivity contribution >= 4 is 0 Å². The SMILES string of the molecule is C=CC(C)(CN)CCCOCC(F)(F)F. The van der Waals surface area contributed by atoms with Crippen molar-refractivity contribution in [2.75, 3.05) is 19.8 Å². The average Bonchev–Trinajstić information content (AvgIpc) is 2.15. The van der Waals surface area contributed by atoms with E-state index in [1.54, 1.807) is 6.08 Å². The van der Waals surface area contributed by atoms with Gasteiger partial charge in [-0.2, -0.15) is 13.2 Å². The molecule has 0 bridgehead atoms. The molecule has 2 N–H and O–H groups in total. The minimum absolute atomic E-state index is 0.100. The van der Waals surface area contributed by atoms with Crippen LogP contribution in [-0.4, -0.2) is 25.9 Å². The number of alkyl halides is 3. The minimum atomic E-state index is -4.24. The molecule has 0 aromatic heterocycles. The molecule has 0 radical (unpaired) electrons. The average molecular weight is 225 g/mol. The van der Waals surface area contributed by atoms with E-state index < -0.39 is 12.8 Å². The van der Waals surface area contributed by atoms with Crippen molar-refractivity contribution in [2.45, 2.75) is 25.9 Å². The lowest BCUT2D eigenvalue weighted by Gasteiger charge is -2.23. The second kappa shape index (κ2) is 6.12. The Morgan fingerprint density at radius 3 is 2.40 bits per heavy atom. The van der Waals surface area contributed by atoms with Gasteiger partial charge in [-0.15, -0.1) is 6.58 Å². The first-order valence-electron chi connectivity index (χ1n) is 4.81. The molecule has 0 aromatic rings. The van der Waals surface area contributed by atoms with E-state index in [0.717, 1.165) is 0 Å². The fourth-order valence-electron chi connectivity index (χ4n) is 1.05. The van der Waals surface area contributed by atoms with Gasteiger partial charge >= 0.3 is 6.18 Å². The molecule has 1 atom stereocenters. The topological polar surface area (TPSA) is 35.2 Å². The Kier molecular flexibility index (Phi) is 5.90. The predicted octanol–water partition coefficient (Wildman–Crippen LogP) is 2.50. The van der Waals surface area contributed by atoms with E-state index in [-0.39, 0.29) is 12.0 Å². The fourth-order valence-corrected chi connectivity index (χ4v) is 1.05. The van der Waals surface area contributed by atoms with E-state index in [4.69, 9.17) is 5.73 Å². The molecule has 0 aliphatic rings. The maximum Gasteiger partial charge on any atom is 0.411 e. The van der Waals surface area contributed by atoms with E-state index in [1.807, 2.05) is 6.92 Å². The first-order valence-corrected chi connectivity index (χ1v) is 4.81. The second-order valence-electron chi connectivity index (χ2n) is 3.83. The molecule has 0 heterocycles. The Morgan fingerprint density at radius 1 is 1.40 bits per heavy atom. The molecule has 0 fully saturated rings. The number of rotatable bonds is 7. The van der Waals surface area contributed by atoms with Crippen molar-refractivity contribution < 1.29 is 17.9 Å². The molecule has 0 saturated carbocycles. The zero-order valence-corrected chi connectivity index (χ0v) is 8.94. The Balaban J connectivity index is 3.58. The Morgan fingerprint density at radius 2 is 2.00 bits per heavy atom. The molecule has 0 aliphatic heterocycles. The van der Waals surface area contributed by atoms with Crippen molar-refractivity contribution in [1.29, 1.82) is 0 Å². The van der Waals surface area contributed by atoms with E-state index in [2.05, 4.69) is 11.3 Å². The highest BCUT2D eigenvalue weighted by atomic mass is 19.4. The normalized spacial score (nSPS) is 16.1. The third-order valence-corrected chi connectivity index (χ3v) is 2.26. The molecule has 2 nitrogen and oxygen atoms in total. The summed E-state index contributed by atoms with van der Waals surface area (Å²) in [5.41, 5.74) is 5.30. The number of ether oxygens (including phenoxy) is 1. The zero-order valence-electron chi connectivity index (χ0n) is 8.94. The molecule has 0 aliphatic carbocycles. The zero-order chi connectivity index (χ0) is 11.9. The molecule has 0 spiro atoms. The first-order chi connectivity index (χ1) is 6.83. The van der Waals surface area contributed by atoms with Crippen LogP contribution in [0.5, 0.6) is 0 Å². The Bertz CT molecular complexity index is 194. The summed E-state index contributed by atoms with van der Waals surface area (Å²) in [4.78, 5) is 0. The molecular weight excluding hydrogens is 207 g/mol. The van der Waals surface area contributed by atoms with Gasteiger partial charge in [-0.1, -0.05) is 13.0 Å². The van der Waals surface area contributed by atoms with Crippen LogP contribution in [-0.2, 0) is 4.74 Å². The molecular formula is C10H18F3NO. The smallest absolute Gasteiger partial charge is 0.372 e. The standard InChI is InChI=1S/C10H18F3NO/c1-3-9(2,7-14)5-4-6-15-8-10(11,12)13/h3H,1,4-8,14H2,2H3. The summed E-state index contributed by atoms with van der Waals surface area (Å²) in [6.07, 6.45) is -1.27. The number of hydrogen-bond acceptors (Lipinski definition) is 2. The summed E-state index contributed by atoms with van der Waals surface area (Å²) in [6, 6.07) is 0. The minimum Gasteiger partial charge on any atom is -0.372 e. The number of nitrogens with two attached hydrogens (primary N) is 1. The van der Waals surface area contributed by atoms with Crippen molar-refractivity contribution in [3.63, 3.8) is 0 Å². The Hall–Kier alpha value is -0.550. The lowest BCUT2D eigenvalue weighted by molar-refractivity contribution is -0.174. The van der Waals surface area contributed by atoms with Gasteiger partial charge in [0.2, 0.25) is 0 Å². The van der Waals surface area contributed by atoms with Crippen molar-refractivity contribution in [1.82, 2.24) is 0 Å². The van der Waals surface area contributed by atoms with Crippen LogP contribution in [0.25, 0.3) is 0 Å². The maximum absolute atomic E-state index is 11.7. The van der Waals surface area contributed by atoms with Gasteiger partial charge < -0.3 is 10.5 Å². The van der Waals surface area contributed by atoms with Crippen molar-refractivity contribution in [2.24, 2.45) is 11.1 Å². The van der Waals surface area contributed by atoms with Crippen LogP contribution in [0.1, 0.15) is 19.8 Å². The molecule has 1 unspecified atom stereocenters.